The summed E-state index contributed by atoms with van der Waals surface area (Å²) in [5.41, 5.74) is 5.41. The van der Waals surface area contributed by atoms with Gasteiger partial charge < -0.3 is 10.9 Å². The van der Waals surface area contributed by atoms with E-state index in [0.29, 0.717) is 4.47 Å². The molecule has 0 atom stereocenters. The summed E-state index contributed by atoms with van der Waals surface area (Å²) in [5, 5.41) is 11.4. The van der Waals surface area contributed by atoms with Crippen LogP contribution in [-0.2, 0) is 10.0 Å². The van der Waals surface area contributed by atoms with Gasteiger partial charge in [-0.1, -0.05) is 44.3 Å². The number of oxime groups is 1. The van der Waals surface area contributed by atoms with Crippen LogP contribution in [0.3, 0.4) is 0 Å². The molecule has 0 radical (unpaired) electrons. The first-order valence-electron chi connectivity index (χ1n) is 5.74. The molecule has 0 saturated heterocycles. The molecule has 3 N–H and O–H groups in total. The molecular weight excluding hydrogens is 405 g/mol. The first-order chi connectivity index (χ1) is 9.61. The van der Waals surface area contributed by atoms with Crippen molar-refractivity contribution >= 4 is 55.0 Å². The fourth-order valence-electron chi connectivity index (χ4n) is 1.63. The van der Waals surface area contributed by atoms with Crippen molar-refractivity contribution < 1.29 is 13.6 Å². The highest BCUT2D eigenvalue weighted by Crippen LogP contribution is 2.35. The third-order valence-electron chi connectivity index (χ3n) is 2.55. The van der Waals surface area contributed by atoms with Crippen molar-refractivity contribution in [3.05, 3.63) is 26.7 Å². The van der Waals surface area contributed by atoms with Crippen LogP contribution in [0.25, 0.3) is 0 Å². The molecule has 118 valence electrons. The number of hydrogen-bond acceptors (Lipinski definition) is 4. The maximum atomic E-state index is 12.7. The van der Waals surface area contributed by atoms with Crippen molar-refractivity contribution in [2.24, 2.45) is 10.9 Å². The molecule has 0 aromatic heterocycles. The van der Waals surface area contributed by atoms with Crippen LogP contribution in [0.2, 0.25) is 10.0 Å². The third kappa shape index (κ3) is 4.23. The van der Waals surface area contributed by atoms with Gasteiger partial charge in [0.25, 0.3) is 0 Å². The second-order valence-electron chi connectivity index (χ2n) is 4.43. The minimum absolute atomic E-state index is 0.0143. The quantitative estimate of drug-likeness (QED) is 0.332. The molecule has 1 aromatic rings. The van der Waals surface area contributed by atoms with Crippen molar-refractivity contribution in [1.82, 2.24) is 4.31 Å². The summed E-state index contributed by atoms with van der Waals surface area (Å²) in [6.45, 7) is 3.03. The van der Waals surface area contributed by atoms with E-state index in [9.17, 15) is 8.42 Å². The molecule has 0 spiro atoms. The summed E-state index contributed by atoms with van der Waals surface area (Å²) >= 11 is 15.2. The zero-order chi connectivity index (χ0) is 16.4. The first-order valence-corrected chi connectivity index (χ1v) is 8.73. The zero-order valence-corrected chi connectivity index (χ0v) is 15.1. The highest BCUT2D eigenvalue weighted by molar-refractivity contribution is 9.10. The lowest BCUT2D eigenvalue weighted by atomic mass is 10.4. The molecule has 6 nitrogen and oxygen atoms in total. The van der Waals surface area contributed by atoms with E-state index < -0.39 is 16.1 Å². The molecule has 0 aliphatic carbocycles. The average molecular weight is 419 g/mol. The number of benzene rings is 1. The van der Waals surface area contributed by atoms with Crippen LogP contribution in [0.5, 0.6) is 0 Å². The zero-order valence-electron chi connectivity index (χ0n) is 11.2. The predicted octanol–water partition coefficient (Wildman–Crippen LogP) is 2.90. The lowest BCUT2D eigenvalue weighted by Crippen LogP contribution is -2.43. The number of sulfonamides is 1. The maximum absolute atomic E-state index is 12.7. The van der Waals surface area contributed by atoms with Crippen molar-refractivity contribution in [2.75, 3.05) is 6.54 Å². The molecule has 1 aromatic carbocycles. The fourth-order valence-corrected chi connectivity index (χ4v) is 5.13. The highest BCUT2D eigenvalue weighted by atomic mass is 79.9. The predicted molar refractivity (Wildman–Crippen MR) is 86.6 cm³/mol. The van der Waals surface area contributed by atoms with E-state index in [1.165, 1.54) is 12.1 Å². The molecule has 0 aliphatic rings. The van der Waals surface area contributed by atoms with E-state index in [1.807, 2.05) is 0 Å². The second-order valence-corrected chi connectivity index (χ2v) is 7.99. The Morgan fingerprint density at radius 1 is 1.43 bits per heavy atom. The fraction of sp³-hybridized carbons (Fsp3) is 0.364. The number of amidine groups is 1. The van der Waals surface area contributed by atoms with Crippen LogP contribution in [0.15, 0.2) is 26.7 Å². The summed E-state index contributed by atoms with van der Waals surface area (Å²) in [5.74, 6) is -0.239. The van der Waals surface area contributed by atoms with E-state index in [-0.39, 0.29) is 27.3 Å². The lowest BCUT2D eigenvalue weighted by molar-refractivity contribution is 0.312. The van der Waals surface area contributed by atoms with Gasteiger partial charge in [0.1, 0.15) is 4.90 Å². The van der Waals surface area contributed by atoms with Gasteiger partial charge in [0, 0.05) is 10.5 Å². The molecule has 0 saturated carbocycles. The van der Waals surface area contributed by atoms with Crippen LogP contribution < -0.4 is 5.73 Å². The van der Waals surface area contributed by atoms with Gasteiger partial charge in [0.05, 0.1) is 16.6 Å². The van der Waals surface area contributed by atoms with Crippen LogP contribution in [0.1, 0.15) is 13.8 Å². The standard InChI is InChI=1S/C11H14BrCl2N3O3S/c1-6(2)17(5-10(15)16-18)21(19,20)11-8(13)3-7(12)4-9(11)14/h3-4,6,18H,5H2,1-2H3,(H2,15,16). The Hall–Kier alpha value is -0.540. The molecular formula is C11H14BrCl2N3O3S. The minimum atomic E-state index is -4.01. The molecule has 0 amide bonds. The van der Waals surface area contributed by atoms with E-state index in [1.54, 1.807) is 13.8 Å². The largest absolute Gasteiger partial charge is 0.409 e. The van der Waals surface area contributed by atoms with Crippen molar-refractivity contribution in [2.45, 2.75) is 24.8 Å². The molecule has 0 unspecified atom stereocenters. The van der Waals surface area contributed by atoms with Crippen LogP contribution in [0.4, 0.5) is 0 Å². The molecule has 1 rings (SSSR count). The smallest absolute Gasteiger partial charge is 0.246 e. The summed E-state index contributed by atoms with van der Waals surface area (Å²) in [6.07, 6.45) is 0. The van der Waals surface area contributed by atoms with Gasteiger partial charge in [-0.3, -0.25) is 0 Å². The highest BCUT2D eigenvalue weighted by Gasteiger charge is 2.32. The van der Waals surface area contributed by atoms with E-state index in [0.717, 1.165) is 4.31 Å². The third-order valence-corrected chi connectivity index (χ3v) is 5.95. The summed E-state index contributed by atoms with van der Waals surface area (Å²) in [4.78, 5) is -0.214. The van der Waals surface area contributed by atoms with Gasteiger partial charge in [-0.25, -0.2) is 8.42 Å². The van der Waals surface area contributed by atoms with E-state index in [2.05, 4.69) is 21.1 Å². The number of rotatable bonds is 5. The van der Waals surface area contributed by atoms with Gasteiger partial charge in [0.2, 0.25) is 10.0 Å². The molecule has 10 heteroatoms. The molecule has 0 aliphatic heterocycles. The molecule has 0 heterocycles. The summed E-state index contributed by atoms with van der Waals surface area (Å²) in [6, 6.07) is 2.43. The van der Waals surface area contributed by atoms with Crippen LogP contribution in [0, 0.1) is 0 Å². The van der Waals surface area contributed by atoms with Gasteiger partial charge in [-0.2, -0.15) is 4.31 Å². The lowest BCUT2D eigenvalue weighted by Gasteiger charge is -2.26. The molecule has 0 bridgehead atoms. The van der Waals surface area contributed by atoms with Gasteiger partial charge in [0.15, 0.2) is 5.84 Å². The Labute approximate surface area is 141 Å². The SMILES string of the molecule is CC(C)N(CC(N)=NO)S(=O)(=O)c1c(Cl)cc(Br)cc1Cl. The van der Waals surface area contributed by atoms with E-state index in [4.69, 9.17) is 34.1 Å². The van der Waals surface area contributed by atoms with Gasteiger partial charge >= 0.3 is 0 Å². The van der Waals surface area contributed by atoms with Crippen LogP contribution in [-0.4, -0.2) is 36.4 Å². The summed E-state index contributed by atoms with van der Waals surface area (Å²) < 4.78 is 27.1. The average Bonchev–Trinajstić information content (AvgIpc) is 2.33. The number of halogens is 3. The Bertz CT molecular complexity index is 642. The number of nitrogens with zero attached hydrogens (tertiary/aromatic N) is 2. The number of hydrogen-bond donors (Lipinski definition) is 2. The second kappa shape index (κ2) is 7.15. The Balaban J connectivity index is 3.44. The molecule has 0 fully saturated rings. The van der Waals surface area contributed by atoms with Crippen molar-refractivity contribution in [3.8, 4) is 0 Å². The van der Waals surface area contributed by atoms with Gasteiger partial charge in [-0.15, -0.1) is 0 Å². The Kier molecular flexibility index (Phi) is 6.30. The van der Waals surface area contributed by atoms with Crippen molar-refractivity contribution in [1.29, 1.82) is 0 Å². The minimum Gasteiger partial charge on any atom is -0.409 e. The van der Waals surface area contributed by atoms with Gasteiger partial charge in [-0.05, 0) is 26.0 Å². The Morgan fingerprint density at radius 3 is 2.29 bits per heavy atom. The first kappa shape index (κ1) is 18.5. The normalized spacial score (nSPS) is 13.2. The Morgan fingerprint density at radius 2 is 1.90 bits per heavy atom. The monoisotopic (exact) mass is 417 g/mol. The maximum Gasteiger partial charge on any atom is 0.246 e. The summed E-state index contributed by atoms with van der Waals surface area (Å²) in [7, 11) is -4.01. The van der Waals surface area contributed by atoms with E-state index >= 15 is 0 Å². The van der Waals surface area contributed by atoms with Crippen LogP contribution >= 0.6 is 39.1 Å². The topological polar surface area (TPSA) is 96.0 Å². The van der Waals surface area contributed by atoms with Crippen molar-refractivity contribution in [3.63, 3.8) is 0 Å². The number of nitrogens with two attached hydrogens (primary N) is 1. The molecule has 21 heavy (non-hydrogen) atoms.